The summed E-state index contributed by atoms with van der Waals surface area (Å²) in [6.07, 6.45) is 7.16. The number of ether oxygens (including phenoxy) is 1. The standard InChI is InChI=1S/C10H14N2O/c1-9(2)13-10-4-7-11-5-3-6-12-8-10/h3-9,11H,1-2H3. The zero-order valence-electron chi connectivity index (χ0n) is 7.90. The van der Waals surface area contributed by atoms with Gasteiger partial charge >= 0.3 is 0 Å². The fourth-order valence-corrected chi connectivity index (χ4v) is 0.835. The van der Waals surface area contributed by atoms with Crippen molar-refractivity contribution in [3.8, 4) is 5.75 Å². The van der Waals surface area contributed by atoms with Crippen LogP contribution < -0.4 is 4.74 Å². The van der Waals surface area contributed by atoms with Crippen LogP contribution in [0.4, 0.5) is 0 Å². The molecular weight excluding hydrogens is 164 g/mol. The van der Waals surface area contributed by atoms with Crippen molar-refractivity contribution in [2.45, 2.75) is 20.0 Å². The van der Waals surface area contributed by atoms with Crippen molar-refractivity contribution in [2.75, 3.05) is 0 Å². The number of aromatic nitrogens is 2. The van der Waals surface area contributed by atoms with Crippen molar-refractivity contribution >= 4 is 0 Å². The van der Waals surface area contributed by atoms with E-state index in [1.54, 1.807) is 24.8 Å². The molecule has 3 nitrogen and oxygen atoms in total. The molecule has 1 N–H and O–H groups in total. The Morgan fingerprint density at radius 1 is 1.38 bits per heavy atom. The quantitative estimate of drug-likeness (QED) is 0.754. The van der Waals surface area contributed by atoms with E-state index in [2.05, 4.69) is 9.97 Å². The molecule has 0 aliphatic rings. The second-order valence-electron chi connectivity index (χ2n) is 2.86. The lowest BCUT2D eigenvalue weighted by atomic mass is 10.4. The van der Waals surface area contributed by atoms with Crippen molar-refractivity contribution < 1.29 is 4.74 Å². The van der Waals surface area contributed by atoms with Gasteiger partial charge in [-0.3, -0.25) is 4.98 Å². The number of nitrogens with one attached hydrogen (secondary N) is 1. The van der Waals surface area contributed by atoms with Crippen molar-refractivity contribution in [3.05, 3.63) is 36.9 Å². The summed E-state index contributed by atoms with van der Waals surface area (Å²) in [7, 11) is 0. The number of hydrogen-bond donors (Lipinski definition) is 1. The Morgan fingerprint density at radius 2 is 2.23 bits per heavy atom. The molecule has 0 spiro atoms. The smallest absolute Gasteiger partial charge is 0.139 e. The molecule has 13 heavy (non-hydrogen) atoms. The lowest BCUT2D eigenvalue weighted by Gasteiger charge is -2.06. The van der Waals surface area contributed by atoms with Gasteiger partial charge in [-0.15, -0.1) is 0 Å². The number of rotatable bonds is 2. The van der Waals surface area contributed by atoms with Crippen LogP contribution in [0.5, 0.6) is 5.75 Å². The fraction of sp³-hybridized carbons (Fsp3) is 0.300. The predicted octanol–water partition coefficient (Wildman–Crippen LogP) is 2.32. The molecule has 3 heteroatoms. The highest BCUT2D eigenvalue weighted by Gasteiger charge is 1.92. The maximum Gasteiger partial charge on any atom is 0.139 e. The van der Waals surface area contributed by atoms with Gasteiger partial charge in [-0.05, 0) is 26.0 Å². The average molecular weight is 178 g/mol. The Labute approximate surface area is 78.1 Å². The molecule has 0 bridgehead atoms. The molecular formula is C10H14N2O. The monoisotopic (exact) mass is 178 g/mol. The normalized spacial score (nSPS) is 9.46. The molecule has 1 aromatic rings. The van der Waals surface area contributed by atoms with E-state index in [4.69, 9.17) is 4.74 Å². The largest absolute Gasteiger partial charge is 0.489 e. The highest BCUT2D eigenvalue weighted by molar-refractivity contribution is 5.12. The third-order valence-electron chi connectivity index (χ3n) is 1.28. The second-order valence-corrected chi connectivity index (χ2v) is 2.86. The highest BCUT2D eigenvalue weighted by Crippen LogP contribution is 2.06. The third kappa shape index (κ3) is 4.15. The van der Waals surface area contributed by atoms with Crippen LogP contribution in [0.3, 0.4) is 0 Å². The number of hydrogen-bond acceptors (Lipinski definition) is 2. The van der Waals surface area contributed by atoms with Crippen LogP contribution >= 0.6 is 0 Å². The van der Waals surface area contributed by atoms with Gasteiger partial charge in [0.2, 0.25) is 0 Å². The van der Waals surface area contributed by atoms with Crippen molar-refractivity contribution in [2.24, 2.45) is 0 Å². The summed E-state index contributed by atoms with van der Waals surface area (Å²) in [5.41, 5.74) is 0. The average Bonchev–Trinajstić information content (AvgIpc) is 2.17. The molecule has 1 rings (SSSR count). The summed E-state index contributed by atoms with van der Waals surface area (Å²) in [4.78, 5) is 6.99. The maximum absolute atomic E-state index is 5.48. The summed E-state index contributed by atoms with van der Waals surface area (Å²) in [6, 6.07) is 3.66. The van der Waals surface area contributed by atoms with Crippen LogP contribution in [-0.4, -0.2) is 16.1 Å². The van der Waals surface area contributed by atoms with Gasteiger partial charge in [0.05, 0.1) is 12.3 Å². The topological polar surface area (TPSA) is 37.9 Å². The molecule has 0 atom stereocenters. The number of nitrogens with zero attached hydrogens (tertiary/aromatic N) is 1. The molecule has 70 valence electrons. The molecule has 0 fully saturated rings. The molecule has 0 saturated heterocycles. The van der Waals surface area contributed by atoms with Crippen molar-refractivity contribution in [1.29, 1.82) is 0 Å². The third-order valence-corrected chi connectivity index (χ3v) is 1.28. The lowest BCUT2D eigenvalue weighted by Crippen LogP contribution is -2.04. The summed E-state index contributed by atoms with van der Waals surface area (Å²) in [6.45, 7) is 3.97. The van der Waals surface area contributed by atoms with E-state index in [1.165, 1.54) is 0 Å². The van der Waals surface area contributed by atoms with Crippen LogP contribution in [0, 0.1) is 0 Å². The Hall–Kier alpha value is -1.51. The van der Waals surface area contributed by atoms with E-state index in [-0.39, 0.29) is 6.10 Å². The van der Waals surface area contributed by atoms with E-state index in [1.807, 2.05) is 26.0 Å². The van der Waals surface area contributed by atoms with Gasteiger partial charge in [-0.2, -0.15) is 0 Å². The van der Waals surface area contributed by atoms with Crippen molar-refractivity contribution in [3.63, 3.8) is 0 Å². The number of aromatic amines is 1. The summed E-state index contributed by atoms with van der Waals surface area (Å²) >= 11 is 0. The van der Waals surface area contributed by atoms with E-state index in [0.29, 0.717) is 0 Å². The van der Waals surface area contributed by atoms with Gasteiger partial charge in [0, 0.05) is 18.6 Å². The lowest BCUT2D eigenvalue weighted by molar-refractivity contribution is 0.242. The van der Waals surface area contributed by atoms with Gasteiger partial charge in [0.25, 0.3) is 0 Å². The molecule has 0 unspecified atom stereocenters. The molecule has 0 aliphatic carbocycles. The summed E-state index contributed by atoms with van der Waals surface area (Å²) in [5.74, 6) is 0.752. The first kappa shape index (κ1) is 9.58. The Kier molecular flexibility index (Phi) is 3.82. The minimum Gasteiger partial charge on any atom is -0.489 e. The van der Waals surface area contributed by atoms with Crippen LogP contribution in [0.2, 0.25) is 0 Å². The van der Waals surface area contributed by atoms with E-state index < -0.39 is 0 Å². The van der Waals surface area contributed by atoms with E-state index in [0.717, 1.165) is 5.75 Å². The molecule has 0 radical (unpaired) electrons. The van der Waals surface area contributed by atoms with Crippen LogP contribution in [0.15, 0.2) is 36.9 Å². The van der Waals surface area contributed by atoms with Gasteiger partial charge in [0.15, 0.2) is 0 Å². The predicted molar refractivity (Wildman–Crippen MR) is 52.0 cm³/mol. The summed E-state index contributed by atoms with van der Waals surface area (Å²) < 4.78 is 5.48. The minimum atomic E-state index is 0.166. The van der Waals surface area contributed by atoms with Crippen LogP contribution in [0.1, 0.15) is 13.8 Å². The Morgan fingerprint density at radius 3 is 3.00 bits per heavy atom. The molecule has 0 aromatic carbocycles. The van der Waals surface area contributed by atoms with Crippen LogP contribution in [-0.2, 0) is 0 Å². The first-order valence-electron chi connectivity index (χ1n) is 4.27. The van der Waals surface area contributed by atoms with E-state index in [9.17, 15) is 0 Å². The highest BCUT2D eigenvalue weighted by atomic mass is 16.5. The molecule has 0 saturated carbocycles. The minimum absolute atomic E-state index is 0.166. The number of H-pyrrole nitrogens is 1. The molecule has 0 aliphatic heterocycles. The van der Waals surface area contributed by atoms with Crippen molar-refractivity contribution in [1.82, 2.24) is 9.97 Å². The van der Waals surface area contributed by atoms with Gasteiger partial charge in [-0.1, -0.05) is 0 Å². The summed E-state index contributed by atoms with van der Waals surface area (Å²) in [5, 5.41) is 0. The Bertz CT molecular complexity index is 269. The van der Waals surface area contributed by atoms with Crippen LogP contribution in [0.25, 0.3) is 0 Å². The first-order chi connectivity index (χ1) is 6.29. The van der Waals surface area contributed by atoms with E-state index >= 15 is 0 Å². The van der Waals surface area contributed by atoms with Gasteiger partial charge in [-0.25, -0.2) is 0 Å². The Balaban J connectivity index is 2.91. The zero-order valence-corrected chi connectivity index (χ0v) is 7.90. The first-order valence-corrected chi connectivity index (χ1v) is 4.27. The zero-order chi connectivity index (χ0) is 9.52. The molecule has 1 heterocycles. The van der Waals surface area contributed by atoms with Gasteiger partial charge < -0.3 is 9.72 Å². The molecule has 1 aromatic heterocycles. The second kappa shape index (κ2) is 5.19. The SMILES string of the molecule is CC(C)Oc1cc[nH]cccnc1. The van der Waals surface area contributed by atoms with Gasteiger partial charge in [0.1, 0.15) is 5.75 Å². The maximum atomic E-state index is 5.48. The fourth-order valence-electron chi connectivity index (χ4n) is 0.835. The molecule has 0 amide bonds.